The van der Waals surface area contributed by atoms with E-state index in [2.05, 4.69) is 15.9 Å². The summed E-state index contributed by atoms with van der Waals surface area (Å²) in [6.45, 7) is 0. The van der Waals surface area contributed by atoms with Gasteiger partial charge in [-0.15, -0.1) is 0 Å². The third-order valence-corrected chi connectivity index (χ3v) is 3.67. The first-order chi connectivity index (χ1) is 9.56. The summed E-state index contributed by atoms with van der Waals surface area (Å²) >= 11 is 3.18. The van der Waals surface area contributed by atoms with Crippen molar-refractivity contribution in [1.29, 1.82) is 0 Å². The van der Waals surface area contributed by atoms with Crippen molar-refractivity contribution in [3.8, 4) is 11.3 Å². The molecule has 0 fully saturated rings. The third kappa shape index (κ3) is 2.10. The van der Waals surface area contributed by atoms with Gasteiger partial charge in [0.05, 0.1) is 5.56 Å². The fourth-order valence-electron chi connectivity index (χ4n) is 2.01. The Labute approximate surface area is 121 Å². The maximum absolute atomic E-state index is 13.6. The van der Waals surface area contributed by atoms with Crippen LogP contribution in [0.1, 0.15) is 10.4 Å². The molecule has 100 valence electrons. The van der Waals surface area contributed by atoms with Crippen LogP contribution in [-0.4, -0.2) is 11.1 Å². The van der Waals surface area contributed by atoms with Gasteiger partial charge in [0.1, 0.15) is 5.76 Å². The minimum absolute atomic E-state index is 0.128. The molecule has 0 aliphatic heterocycles. The molecule has 0 atom stereocenters. The number of hydrogen-bond acceptors (Lipinski definition) is 2. The molecule has 0 saturated heterocycles. The third-order valence-electron chi connectivity index (χ3n) is 2.98. The van der Waals surface area contributed by atoms with Gasteiger partial charge >= 0.3 is 5.97 Å². The SMILES string of the molecule is O=C(O)c1cc(-c2cc3cccc(F)c3o2)ccc1Br. The van der Waals surface area contributed by atoms with Gasteiger partial charge in [-0.3, -0.25) is 0 Å². The second-order valence-corrected chi connectivity index (χ2v) is 5.12. The highest BCUT2D eigenvalue weighted by molar-refractivity contribution is 9.10. The van der Waals surface area contributed by atoms with Crippen molar-refractivity contribution >= 4 is 32.9 Å². The normalized spacial score (nSPS) is 10.9. The van der Waals surface area contributed by atoms with Gasteiger partial charge in [0, 0.05) is 15.4 Å². The van der Waals surface area contributed by atoms with Crippen molar-refractivity contribution < 1.29 is 18.7 Å². The molecule has 3 nitrogen and oxygen atoms in total. The average Bonchev–Trinajstić information content (AvgIpc) is 2.84. The van der Waals surface area contributed by atoms with E-state index in [4.69, 9.17) is 9.52 Å². The molecule has 0 amide bonds. The predicted octanol–water partition coefficient (Wildman–Crippen LogP) is 4.70. The second kappa shape index (κ2) is 4.76. The molecule has 0 aliphatic carbocycles. The maximum atomic E-state index is 13.6. The Bertz CT molecular complexity index is 823. The van der Waals surface area contributed by atoms with E-state index in [1.807, 2.05) is 0 Å². The summed E-state index contributed by atoms with van der Waals surface area (Å²) in [5.74, 6) is -1.05. The van der Waals surface area contributed by atoms with Gasteiger partial charge in [-0.1, -0.05) is 18.2 Å². The first kappa shape index (κ1) is 12.9. The van der Waals surface area contributed by atoms with Crippen LogP contribution in [0.3, 0.4) is 0 Å². The van der Waals surface area contributed by atoms with Crippen LogP contribution in [0.25, 0.3) is 22.3 Å². The summed E-state index contributed by atoms with van der Waals surface area (Å²) in [6, 6.07) is 11.2. The van der Waals surface area contributed by atoms with Gasteiger partial charge in [-0.2, -0.15) is 0 Å². The Balaban J connectivity index is 2.18. The van der Waals surface area contributed by atoms with E-state index in [1.54, 1.807) is 30.3 Å². The van der Waals surface area contributed by atoms with Crippen molar-refractivity contribution in [2.45, 2.75) is 0 Å². The van der Waals surface area contributed by atoms with E-state index >= 15 is 0 Å². The number of furan rings is 1. The number of benzene rings is 2. The van der Waals surface area contributed by atoms with Crippen LogP contribution in [0.5, 0.6) is 0 Å². The lowest BCUT2D eigenvalue weighted by molar-refractivity contribution is 0.0696. The van der Waals surface area contributed by atoms with E-state index in [9.17, 15) is 9.18 Å². The molecule has 0 spiro atoms. The van der Waals surface area contributed by atoms with Gasteiger partial charge in [-0.05, 0) is 40.2 Å². The Morgan fingerprint density at radius 3 is 2.70 bits per heavy atom. The Morgan fingerprint density at radius 2 is 2.00 bits per heavy atom. The summed E-state index contributed by atoms with van der Waals surface area (Å²) in [7, 11) is 0. The highest BCUT2D eigenvalue weighted by Gasteiger charge is 2.13. The largest absolute Gasteiger partial charge is 0.478 e. The Hall–Kier alpha value is -2.14. The lowest BCUT2D eigenvalue weighted by Crippen LogP contribution is -1.97. The molecule has 2 aromatic carbocycles. The van der Waals surface area contributed by atoms with Crippen LogP contribution >= 0.6 is 15.9 Å². The zero-order valence-electron chi connectivity index (χ0n) is 10.1. The summed E-state index contributed by atoms with van der Waals surface area (Å²) < 4.78 is 19.6. The van der Waals surface area contributed by atoms with Crippen molar-refractivity contribution in [2.24, 2.45) is 0 Å². The Morgan fingerprint density at radius 1 is 1.20 bits per heavy atom. The summed E-state index contributed by atoms with van der Waals surface area (Å²) in [5.41, 5.74) is 0.881. The molecule has 0 radical (unpaired) electrons. The molecular formula is C15H8BrFO3. The van der Waals surface area contributed by atoms with E-state index in [0.29, 0.717) is 21.2 Å². The van der Waals surface area contributed by atoms with Crippen LogP contribution in [-0.2, 0) is 0 Å². The maximum Gasteiger partial charge on any atom is 0.336 e. The van der Waals surface area contributed by atoms with E-state index in [1.165, 1.54) is 12.1 Å². The van der Waals surface area contributed by atoms with Crippen LogP contribution in [0.2, 0.25) is 0 Å². The van der Waals surface area contributed by atoms with Crippen molar-refractivity contribution in [1.82, 2.24) is 0 Å². The quantitative estimate of drug-likeness (QED) is 0.738. The van der Waals surface area contributed by atoms with E-state index in [0.717, 1.165) is 0 Å². The standard InChI is InChI=1S/C15H8BrFO3/c16-11-5-4-8(6-10(11)15(18)19)13-7-9-2-1-3-12(17)14(9)20-13/h1-7H,(H,18,19). The smallest absolute Gasteiger partial charge is 0.336 e. The minimum Gasteiger partial charge on any atom is -0.478 e. The molecule has 0 saturated carbocycles. The summed E-state index contributed by atoms with van der Waals surface area (Å²) in [5, 5.41) is 9.74. The molecule has 0 bridgehead atoms. The van der Waals surface area contributed by atoms with E-state index in [-0.39, 0.29) is 11.1 Å². The molecule has 3 rings (SSSR count). The number of para-hydroxylation sites is 1. The number of carbonyl (C=O) groups is 1. The van der Waals surface area contributed by atoms with Crippen molar-refractivity contribution in [2.75, 3.05) is 0 Å². The second-order valence-electron chi connectivity index (χ2n) is 4.27. The summed E-state index contributed by atoms with van der Waals surface area (Å²) in [6.07, 6.45) is 0. The number of aromatic carboxylic acids is 1. The fraction of sp³-hybridized carbons (Fsp3) is 0. The number of fused-ring (bicyclic) bond motifs is 1. The molecule has 0 aliphatic rings. The lowest BCUT2D eigenvalue weighted by Gasteiger charge is -2.01. The van der Waals surface area contributed by atoms with Gasteiger partial charge in [0.25, 0.3) is 0 Å². The Kier molecular flexibility index (Phi) is 3.06. The zero-order chi connectivity index (χ0) is 14.3. The van der Waals surface area contributed by atoms with Gasteiger partial charge in [-0.25, -0.2) is 9.18 Å². The van der Waals surface area contributed by atoms with Crippen molar-refractivity contribution in [3.63, 3.8) is 0 Å². The number of halogens is 2. The van der Waals surface area contributed by atoms with Crippen molar-refractivity contribution in [3.05, 3.63) is 58.3 Å². The van der Waals surface area contributed by atoms with Gasteiger partial charge in [0.2, 0.25) is 0 Å². The van der Waals surface area contributed by atoms with Gasteiger partial charge in [0.15, 0.2) is 11.4 Å². The predicted molar refractivity (Wildman–Crippen MR) is 76.3 cm³/mol. The van der Waals surface area contributed by atoms with E-state index < -0.39 is 11.8 Å². The molecule has 1 heterocycles. The number of carboxylic acids is 1. The first-order valence-electron chi connectivity index (χ1n) is 5.77. The van der Waals surface area contributed by atoms with Crippen LogP contribution in [0.15, 0.2) is 51.4 Å². The number of rotatable bonds is 2. The molecule has 1 N–H and O–H groups in total. The summed E-state index contributed by atoms with van der Waals surface area (Å²) in [4.78, 5) is 11.1. The lowest BCUT2D eigenvalue weighted by atomic mass is 10.1. The topological polar surface area (TPSA) is 50.4 Å². The monoisotopic (exact) mass is 334 g/mol. The average molecular weight is 335 g/mol. The number of carboxylic acid groups (broad SMARTS) is 1. The first-order valence-corrected chi connectivity index (χ1v) is 6.57. The van der Waals surface area contributed by atoms with Crippen LogP contribution in [0.4, 0.5) is 4.39 Å². The molecule has 3 aromatic rings. The molecular weight excluding hydrogens is 327 g/mol. The van der Waals surface area contributed by atoms with Crippen LogP contribution in [0, 0.1) is 5.82 Å². The zero-order valence-corrected chi connectivity index (χ0v) is 11.6. The number of hydrogen-bond donors (Lipinski definition) is 1. The molecule has 0 unspecified atom stereocenters. The minimum atomic E-state index is -1.04. The molecule has 5 heteroatoms. The fourth-order valence-corrected chi connectivity index (χ4v) is 2.43. The highest BCUT2D eigenvalue weighted by atomic mass is 79.9. The van der Waals surface area contributed by atoms with Gasteiger partial charge < -0.3 is 9.52 Å². The highest BCUT2D eigenvalue weighted by Crippen LogP contribution is 2.31. The molecule has 20 heavy (non-hydrogen) atoms. The van der Waals surface area contributed by atoms with Crippen LogP contribution < -0.4 is 0 Å². The molecule has 1 aromatic heterocycles.